The smallest absolute Gasteiger partial charge is 0.276 e. The van der Waals surface area contributed by atoms with Gasteiger partial charge in [-0.15, -0.1) is 0 Å². The van der Waals surface area contributed by atoms with E-state index in [1.807, 2.05) is 0 Å². The topological polar surface area (TPSA) is 61.8 Å². The third kappa shape index (κ3) is 3.28. The molecule has 1 aromatic carbocycles. The van der Waals surface area contributed by atoms with Crippen molar-refractivity contribution in [1.29, 1.82) is 0 Å². The fourth-order valence-corrected chi connectivity index (χ4v) is 4.02. The van der Waals surface area contributed by atoms with Crippen molar-refractivity contribution in [1.82, 2.24) is 10.2 Å². The van der Waals surface area contributed by atoms with Crippen LogP contribution in [0.3, 0.4) is 0 Å². The minimum atomic E-state index is -0.0879. The van der Waals surface area contributed by atoms with Crippen molar-refractivity contribution >= 4 is 45.2 Å². The van der Waals surface area contributed by atoms with E-state index in [0.29, 0.717) is 21.0 Å². The minimum absolute atomic E-state index is 0.0321. The van der Waals surface area contributed by atoms with Crippen LogP contribution < -0.4 is 10.1 Å². The molecule has 1 amide bonds. The molecule has 1 aliphatic carbocycles. The van der Waals surface area contributed by atoms with Gasteiger partial charge in [-0.25, -0.2) is 0 Å². The number of nitrogens with one attached hydrogen (secondary N) is 1. The van der Waals surface area contributed by atoms with Crippen molar-refractivity contribution in [2.45, 2.75) is 38.1 Å². The Morgan fingerprint density at radius 1 is 1.38 bits per heavy atom. The molecule has 1 saturated heterocycles. The molecule has 0 aromatic heterocycles. The Morgan fingerprint density at radius 2 is 2.08 bits per heavy atom. The number of aromatic hydroxyl groups is 1. The van der Waals surface area contributed by atoms with Gasteiger partial charge in [-0.05, 0) is 64.8 Å². The van der Waals surface area contributed by atoms with Gasteiger partial charge in [0, 0.05) is 6.04 Å². The maximum Gasteiger partial charge on any atom is 0.276 e. The number of phenolic OH excluding ortho intramolecular Hbond substituents is 1. The summed E-state index contributed by atoms with van der Waals surface area (Å²) in [4.78, 5) is 14.5. The van der Waals surface area contributed by atoms with Crippen LogP contribution in [0.15, 0.2) is 22.3 Å². The lowest BCUT2D eigenvalue weighted by Gasteiger charge is -2.29. The van der Waals surface area contributed by atoms with Gasteiger partial charge in [0.05, 0.1) is 11.6 Å². The molecular formula is C17H19BrN2O3S. The Morgan fingerprint density at radius 3 is 2.75 bits per heavy atom. The van der Waals surface area contributed by atoms with Crippen LogP contribution in [0.25, 0.3) is 6.08 Å². The summed E-state index contributed by atoms with van der Waals surface area (Å²) in [5, 5.41) is 13.4. The molecule has 0 bridgehead atoms. The van der Waals surface area contributed by atoms with E-state index in [0.717, 1.165) is 31.2 Å². The minimum Gasteiger partial charge on any atom is -0.503 e. The molecule has 128 valence electrons. The average molecular weight is 411 g/mol. The van der Waals surface area contributed by atoms with Crippen molar-refractivity contribution in [2.24, 2.45) is 0 Å². The predicted molar refractivity (Wildman–Crippen MR) is 99.8 cm³/mol. The highest BCUT2D eigenvalue weighted by Gasteiger charge is 2.36. The average Bonchev–Trinajstić information content (AvgIpc) is 2.85. The van der Waals surface area contributed by atoms with E-state index in [4.69, 9.17) is 17.0 Å². The molecule has 1 heterocycles. The highest BCUT2D eigenvalue weighted by molar-refractivity contribution is 9.10. The zero-order valence-electron chi connectivity index (χ0n) is 13.3. The van der Waals surface area contributed by atoms with Gasteiger partial charge < -0.3 is 15.2 Å². The Hall–Kier alpha value is -1.60. The van der Waals surface area contributed by atoms with Crippen molar-refractivity contribution in [3.05, 3.63) is 27.9 Å². The Bertz CT molecular complexity index is 714. The van der Waals surface area contributed by atoms with E-state index in [2.05, 4.69) is 21.2 Å². The van der Waals surface area contributed by atoms with E-state index < -0.39 is 0 Å². The maximum atomic E-state index is 12.7. The summed E-state index contributed by atoms with van der Waals surface area (Å²) in [6, 6.07) is 3.60. The van der Waals surface area contributed by atoms with E-state index in [1.54, 1.807) is 23.1 Å². The van der Waals surface area contributed by atoms with Gasteiger partial charge in [0.1, 0.15) is 5.70 Å². The van der Waals surface area contributed by atoms with Crippen LogP contribution in [0.2, 0.25) is 0 Å². The SMILES string of the molecule is COc1cc(/C=C2\NC(=S)N(C3CCCCC3)C2=O)cc(Br)c1O. The van der Waals surface area contributed by atoms with E-state index in [-0.39, 0.29) is 17.7 Å². The number of hydrogen-bond donors (Lipinski definition) is 2. The number of thiocarbonyl (C=S) groups is 1. The number of halogens is 1. The number of carbonyl (C=O) groups excluding carboxylic acids is 1. The zero-order chi connectivity index (χ0) is 17.3. The molecule has 2 fully saturated rings. The number of ether oxygens (including phenoxy) is 1. The largest absolute Gasteiger partial charge is 0.503 e. The number of hydrogen-bond acceptors (Lipinski definition) is 4. The van der Waals surface area contributed by atoms with Gasteiger partial charge in [-0.2, -0.15) is 0 Å². The van der Waals surface area contributed by atoms with E-state index in [9.17, 15) is 9.90 Å². The van der Waals surface area contributed by atoms with Crippen LogP contribution in [0.1, 0.15) is 37.7 Å². The van der Waals surface area contributed by atoms with E-state index >= 15 is 0 Å². The van der Waals surface area contributed by atoms with Gasteiger partial charge in [0.2, 0.25) is 0 Å². The molecule has 1 aromatic rings. The molecule has 7 heteroatoms. The lowest BCUT2D eigenvalue weighted by molar-refractivity contribution is -0.124. The van der Waals surface area contributed by atoms with Crippen LogP contribution in [0, 0.1) is 0 Å². The first-order valence-corrected chi connectivity index (χ1v) is 9.14. The summed E-state index contributed by atoms with van der Waals surface area (Å²) in [7, 11) is 1.48. The van der Waals surface area contributed by atoms with Crippen LogP contribution >= 0.6 is 28.1 Å². The molecule has 2 N–H and O–H groups in total. The zero-order valence-corrected chi connectivity index (χ0v) is 15.7. The molecule has 0 unspecified atom stereocenters. The standard InChI is InChI=1S/C17H19BrN2O3S/c1-23-14-9-10(7-12(18)15(14)21)8-13-16(22)20(17(24)19-13)11-5-3-2-4-6-11/h7-9,11,21H,2-6H2,1H3,(H,19,24)/b13-8-. The first-order valence-electron chi connectivity index (χ1n) is 7.94. The third-order valence-electron chi connectivity index (χ3n) is 4.43. The van der Waals surface area contributed by atoms with Crippen molar-refractivity contribution in [3.63, 3.8) is 0 Å². The molecule has 0 spiro atoms. The van der Waals surface area contributed by atoms with Crippen molar-refractivity contribution in [3.8, 4) is 11.5 Å². The van der Waals surface area contributed by atoms with Crippen LogP contribution in [-0.2, 0) is 4.79 Å². The highest BCUT2D eigenvalue weighted by atomic mass is 79.9. The van der Waals surface area contributed by atoms with Crippen LogP contribution in [-0.4, -0.2) is 34.2 Å². The molecule has 0 atom stereocenters. The molecular weight excluding hydrogens is 392 g/mol. The van der Waals surface area contributed by atoms with Crippen molar-refractivity contribution in [2.75, 3.05) is 7.11 Å². The number of phenols is 1. The fourth-order valence-electron chi connectivity index (χ4n) is 3.22. The monoisotopic (exact) mass is 410 g/mol. The molecule has 3 rings (SSSR count). The summed E-state index contributed by atoms with van der Waals surface area (Å²) in [5.74, 6) is 0.285. The van der Waals surface area contributed by atoms with Gasteiger partial charge in [0.25, 0.3) is 5.91 Å². The normalized spacial score (nSPS) is 20.6. The third-order valence-corrected chi connectivity index (χ3v) is 5.33. The fraction of sp³-hybridized carbons (Fsp3) is 0.412. The lowest BCUT2D eigenvalue weighted by Crippen LogP contribution is -2.41. The van der Waals surface area contributed by atoms with Gasteiger partial charge in [-0.3, -0.25) is 9.69 Å². The number of amides is 1. The Labute approximate surface area is 154 Å². The number of rotatable bonds is 3. The number of carbonyl (C=O) groups is 1. The number of benzene rings is 1. The second-order valence-corrected chi connectivity index (χ2v) is 7.25. The summed E-state index contributed by atoms with van der Waals surface area (Å²) in [5.41, 5.74) is 1.19. The molecule has 24 heavy (non-hydrogen) atoms. The second kappa shape index (κ2) is 7.11. The summed E-state index contributed by atoms with van der Waals surface area (Å²) >= 11 is 8.65. The first kappa shape index (κ1) is 17.2. The van der Waals surface area contributed by atoms with Crippen molar-refractivity contribution < 1.29 is 14.6 Å². The quantitative estimate of drug-likeness (QED) is 0.589. The van der Waals surface area contributed by atoms with Gasteiger partial charge >= 0.3 is 0 Å². The van der Waals surface area contributed by atoms with Crippen LogP contribution in [0.4, 0.5) is 0 Å². The summed E-state index contributed by atoms with van der Waals surface area (Å²) < 4.78 is 5.65. The molecule has 1 aliphatic heterocycles. The lowest BCUT2D eigenvalue weighted by atomic mass is 9.94. The maximum absolute atomic E-state index is 12.7. The Kier molecular flexibility index (Phi) is 5.10. The highest BCUT2D eigenvalue weighted by Crippen LogP contribution is 2.36. The van der Waals surface area contributed by atoms with Gasteiger partial charge in [0.15, 0.2) is 16.6 Å². The molecule has 0 radical (unpaired) electrons. The number of nitrogens with zero attached hydrogens (tertiary/aromatic N) is 1. The van der Waals surface area contributed by atoms with E-state index in [1.165, 1.54) is 13.5 Å². The molecule has 5 nitrogen and oxygen atoms in total. The number of methoxy groups -OCH3 is 1. The van der Waals surface area contributed by atoms with Gasteiger partial charge in [-0.1, -0.05) is 19.3 Å². The predicted octanol–water partition coefficient (Wildman–Crippen LogP) is 3.55. The first-order chi connectivity index (χ1) is 11.5. The molecule has 2 aliphatic rings. The molecule has 1 saturated carbocycles. The summed E-state index contributed by atoms with van der Waals surface area (Å²) in [6.45, 7) is 0. The summed E-state index contributed by atoms with van der Waals surface area (Å²) in [6.07, 6.45) is 7.22. The second-order valence-electron chi connectivity index (χ2n) is 6.01. The van der Waals surface area contributed by atoms with Crippen LogP contribution in [0.5, 0.6) is 11.5 Å². The Balaban J connectivity index is 1.87.